The molecule has 0 unspecified atom stereocenters. The first-order chi connectivity index (χ1) is 15.9. The van der Waals surface area contributed by atoms with Crippen molar-refractivity contribution in [1.82, 2.24) is 4.31 Å². The van der Waals surface area contributed by atoms with Crippen molar-refractivity contribution in [3.63, 3.8) is 0 Å². The van der Waals surface area contributed by atoms with Crippen molar-refractivity contribution in [1.29, 1.82) is 0 Å². The highest BCUT2D eigenvalue weighted by molar-refractivity contribution is 7.89. The Morgan fingerprint density at radius 2 is 1.79 bits per heavy atom. The Morgan fingerprint density at radius 3 is 2.35 bits per heavy atom. The van der Waals surface area contributed by atoms with E-state index in [9.17, 15) is 23.1 Å². The Balaban J connectivity index is 1.45. The molecule has 4 aliphatic rings. The Hall–Kier alpha value is -1.97. The second-order valence-electron chi connectivity index (χ2n) is 10.6. The highest BCUT2D eigenvalue weighted by Gasteiger charge is 2.61. The summed E-state index contributed by atoms with van der Waals surface area (Å²) in [5.41, 5.74) is -0.580. The first-order valence-corrected chi connectivity index (χ1v) is 13.7. The summed E-state index contributed by atoms with van der Waals surface area (Å²) in [5, 5.41) is 13.6. The Bertz CT molecular complexity index is 1070. The third-order valence-corrected chi connectivity index (χ3v) is 10.1. The molecule has 0 aromatic heterocycles. The van der Waals surface area contributed by atoms with Crippen molar-refractivity contribution >= 4 is 27.6 Å². The summed E-state index contributed by atoms with van der Waals surface area (Å²) in [4.78, 5) is 26.2. The third kappa shape index (κ3) is 4.50. The average Bonchev–Trinajstić information content (AvgIpc) is 2.73. The number of hydrogen-bond acceptors (Lipinski definition) is 6. The van der Waals surface area contributed by atoms with E-state index in [-0.39, 0.29) is 4.90 Å². The maximum absolute atomic E-state index is 13.2. The molecule has 4 aliphatic carbocycles. The van der Waals surface area contributed by atoms with Crippen molar-refractivity contribution < 1.29 is 27.9 Å². The van der Waals surface area contributed by atoms with Crippen LogP contribution in [0, 0.1) is 24.2 Å². The van der Waals surface area contributed by atoms with Gasteiger partial charge in [-0.3, -0.25) is 9.59 Å². The summed E-state index contributed by atoms with van der Waals surface area (Å²) in [6.07, 6.45) is 3.35. The van der Waals surface area contributed by atoms with Gasteiger partial charge < -0.3 is 15.2 Å². The van der Waals surface area contributed by atoms with Gasteiger partial charge in [0, 0.05) is 18.8 Å². The van der Waals surface area contributed by atoms with Crippen molar-refractivity contribution in [2.45, 2.75) is 82.8 Å². The number of ether oxygens (including phenoxy) is 1. The molecule has 0 aliphatic heterocycles. The van der Waals surface area contributed by atoms with Gasteiger partial charge in [-0.15, -0.1) is 0 Å². The van der Waals surface area contributed by atoms with Crippen molar-refractivity contribution in [3.05, 3.63) is 23.8 Å². The van der Waals surface area contributed by atoms with E-state index in [0.29, 0.717) is 55.4 Å². The minimum Gasteiger partial charge on any atom is -0.452 e. The van der Waals surface area contributed by atoms with E-state index < -0.39 is 39.0 Å². The maximum atomic E-state index is 13.2. The predicted octanol–water partition coefficient (Wildman–Crippen LogP) is 3.23. The summed E-state index contributed by atoms with van der Waals surface area (Å²) in [7, 11) is -3.69. The molecule has 0 heterocycles. The zero-order valence-electron chi connectivity index (χ0n) is 20.5. The lowest BCUT2D eigenvalue weighted by atomic mass is 9.48. The first kappa shape index (κ1) is 25.1. The molecule has 1 amide bonds. The fourth-order valence-corrected chi connectivity index (χ4v) is 8.40. The molecule has 0 radical (unpaired) electrons. The van der Waals surface area contributed by atoms with Crippen LogP contribution < -0.4 is 5.32 Å². The zero-order valence-corrected chi connectivity index (χ0v) is 21.3. The van der Waals surface area contributed by atoms with Gasteiger partial charge in [-0.25, -0.2) is 8.42 Å². The third-order valence-electron chi connectivity index (χ3n) is 7.90. The molecular formula is C25H36N2O6S. The summed E-state index contributed by atoms with van der Waals surface area (Å²) < 4.78 is 33.0. The minimum absolute atomic E-state index is 0.139. The molecule has 34 heavy (non-hydrogen) atoms. The summed E-state index contributed by atoms with van der Waals surface area (Å²) in [5.74, 6) is -0.258. The smallest absolute Gasteiger partial charge is 0.312 e. The number of amides is 1. The number of anilines is 1. The molecule has 2 N–H and O–H groups in total. The van der Waals surface area contributed by atoms with E-state index >= 15 is 0 Å². The van der Waals surface area contributed by atoms with E-state index in [0.717, 1.165) is 19.3 Å². The molecular weight excluding hydrogens is 456 g/mol. The molecule has 4 fully saturated rings. The summed E-state index contributed by atoms with van der Waals surface area (Å²) in [6.45, 7) is 7.48. The van der Waals surface area contributed by atoms with Crippen LogP contribution in [-0.2, 0) is 24.3 Å². The Labute approximate surface area is 202 Å². The van der Waals surface area contributed by atoms with Gasteiger partial charge in [0.05, 0.1) is 15.9 Å². The monoisotopic (exact) mass is 492 g/mol. The average molecular weight is 493 g/mol. The standard InChI is InChI=1S/C25H36N2O6S/c1-5-27(6-2)34(31,32)21-10-20(8-7-16(21)3)26-22(28)17(4)33-23(29)24-11-18-9-19(12-24)14-25(30,13-18)15-24/h7-8,10,17-19,30H,5-6,9,11-15H2,1-4H3,(H,26,28)/t17-,18+,19+,24?,25?/m0/s1. The van der Waals surface area contributed by atoms with Crippen LogP contribution in [0.2, 0.25) is 0 Å². The van der Waals surface area contributed by atoms with E-state index in [1.165, 1.54) is 17.3 Å². The predicted molar refractivity (Wildman–Crippen MR) is 128 cm³/mol. The molecule has 1 aromatic rings. The lowest BCUT2D eigenvalue weighted by Crippen LogP contribution is -2.59. The molecule has 8 nitrogen and oxygen atoms in total. The van der Waals surface area contributed by atoms with Gasteiger partial charge in [-0.1, -0.05) is 19.9 Å². The Morgan fingerprint density at radius 1 is 1.18 bits per heavy atom. The lowest BCUT2D eigenvalue weighted by Gasteiger charge is -2.58. The zero-order chi connectivity index (χ0) is 24.9. The number of carbonyl (C=O) groups is 2. The number of hydrogen-bond donors (Lipinski definition) is 2. The molecule has 4 saturated carbocycles. The van der Waals surface area contributed by atoms with Gasteiger partial charge in [0.1, 0.15) is 0 Å². The van der Waals surface area contributed by atoms with Crippen LogP contribution in [0.5, 0.6) is 0 Å². The van der Waals surface area contributed by atoms with Gasteiger partial charge in [0.25, 0.3) is 5.91 Å². The quantitative estimate of drug-likeness (QED) is 0.539. The van der Waals surface area contributed by atoms with Gasteiger partial charge in [0.15, 0.2) is 6.10 Å². The number of aryl methyl sites for hydroxylation is 1. The fraction of sp³-hybridized carbons (Fsp3) is 0.680. The van der Waals surface area contributed by atoms with E-state index in [4.69, 9.17) is 4.74 Å². The topological polar surface area (TPSA) is 113 Å². The molecule has 0 saturated heterocycles. The van der Waals surface area contributed by atoms with Crippen molar-refractivity contribution in [3.8, 4) is 0 Å². The second kappa shape index (κ2) is 8.91. The number of aliphatic hydroxyl groups is 1. The number of sulfonamides is 1. The molecule has 9 heteroatoms. The van der Waals surface area contributed by atoms with Gasteiger partial charge in [-0.2, -0.15) is 4.31 Å². The van der Waals surface area contributed by atoms with Crippen LogP contribution in [0.3, 0.4) is 0 Å². The molecule has 0 spiro atoms. The fourth-order valence-electron chi connectivity index (χ4n) is 6.69. The first-order valence-electron chi connectivity index (χ1n) is 12.3. The number of benzene rings is 1. The van der Waals surface area contributed by atoms with E-state index in [2.05, 4.69) is 5.32 Å². The summed E-state index contributed by atoms with van der Waals surface area (Å²) >= 11 is 0. The van der Waals surface area contributed by atoms with Crippen LogP contribution >= 0.6 is 0 Å². The molecule has 1 aromatic carbocycles. The van der Waals surface area contributed by atoms with Crippen molar-refractivity contribution in [2.75, 3.05) is 18.4 Å². The van der Waals surface area contributed by atoms with Crippen LogP contribution in [0.1, 0.15) is 64.9 Å². The minimum atomic E-state index is -3.69. The highest BCUT2D eigenvalue weighted by Crippen LogP contribution is 2.62. The maximum Gasteiger partial charge on any atom is 0.312 e. The Kier molecular flexibility index (Phi) is 6.59. The normalized spacial score (nSPS) is 30.9. The van der Waals surface area contributed by atoms with Crippen LogP contribution in [0.4, 0.5) is 5.69 Å². The number of rotatable bonds is 8. The number of nitrogens with one attached hydrogen (secondary N) is 1. The van der Waals surface area contributed by atoms with Gasteiger partial charge in [0.2, 0.25) is 10.0 Å². The SMILES string of the molecule is CCN(CC)S(=O)(=O)c1cc(NC(=O)[C@H](C)OC(=O)C23C[C@H]4C[C@@H](CC(O)(C4)C2)C3)ccc1C. The second-order valence-corrected chi connectivity index (χ2v) is 12.5. The molecule has 3 atom stereocenters. The van der Waals surface area contributed by atoms with Crippen LogP contribution in [-0.4, -0.2) is 54.5 Å². The molecule has 188 valence electrons. The highest BCUT2D eigenvalue weighted by atomic mass is 32.2. The summed E-state index contributed by atoms with van der Waals surface area (Å²) in [6, 6.07) is 4.74. The lowest BCUT2D eigenvalue weighted by molar-refractivity contribution is -0.199. The number of esters is 1. The van der Waals surface area contributed by atoms with Crippen LogP contribution in [0.15, 0.2) is 23.1 Å². The van der Waals surface area contributed by atoms with E-state index in [1.807, 2.05) is 0 Å². The molecule has 4 bridgehead atoms. The van der Waals surface area contributed by atoms with Crippen LogP contribution in [0.25, 0.3) is 0 Å². The molecule has 5 rings (SSSR count). The number of nitrogens with zero attached hydrogens (tertiary/aromatic N) is 1. The van der Waals surface area contributed by atoms with Gasteiger partial charge in [-0.05, 0) is 81.9 Å². The van der Waals surface area contributed by atoms with E-state index in [1.54, 1.807) is 32.9 Å². The number of carbonyl (C=O) groups excluding carboxylic acids is 2. The largest absolute Gasteiger partial charge is 0.452 e. The van der Waals surface area contributed by atoms with Gasteiger partial charge >= 0.3 is 5.97 Å². The van der Waals surface area contributed by atoms with Crippen molar-refractivity contribution in [2.24, 2.45) is 17.3 Å².